The zero-order valence-corrected chi connectivity index (χ0v) is 14.8. The van der Waals surface area contributed by atoms with Gasteiger partial charge in [-0.25, -0.2) is 0 Å². The van der Waals surface area contributed by atoms with Crippen molar-refractivity contribution >= 4 is 11.7 Å². The van der Waals surface area contributed by atoms with Gasteiger partial charge in [-0.1, -0.05) is 41.4 Å². The summed E-state index contributed by atoms with van der Waals surface area (Å²) in [5.41, 5.74) is 0.210. The summed E-state index contributed by atoms with van der Waals surface area (Å²) in [7, 11) is 0. The van der Waals surface area contributed by atoms with Gasteiger partial charge in [0.15, 0.2) is 0 Å². The van der Waals surface area contributed by atoms with Crippen LogP contribution in [0.5, 0.6) is 0 Å². The summed E-state index contributed by atoms with van der Waals surface area (Å²) in [6, 6.07) is 9.73. The van der Waals surface area contributed by atoms with Crippen LogP contribution in [0.2, 0.25) is 0 Å². The third-order valence-electron chi connectivity index (χ3n) is 2.99. The van der Waals surface area contributed by atoms with E-state index in [1.807, 2.05) is 51.1 Å². The third-order valence-corrected chi connectivity index (χ3v) is 2.99. The Morgan fingerprint density at radius 3 is 2.22 bits per heavy atom. The highest BCUT2D eigenvalue weighted by Crippen LogP contribution is 2.17. The van der Waals surface area contributed by atoms with E-state index >= 15 is 0 Å². The van der Waals surface area contributed by atoms with Crippen molar-refractivity contribution in [2.75, 3.05) is 0 Å². The molecule has 4 heteroatoms. The van der Waals surface area contributed by atoms with E-state index in [-0.39, 0.29) is 5.41 Å². The second-order valence-electron chi connectivity index (χ2n) is 6.56. The summed E-state index contributed by atoms with van der Waals surface area (Å²) in [6.45, 7) is 11.1. The maximum Gasteiger partial charge on any atom is 0.304 e. The molecule has 1 aromatic carbocycles. The molecule has 0 bridgehead atoms. The monoisotopic (exact) mass is 315 g/mol. The highest BCUT2D eigenvalue weighted by Gasteiger charge is 2.30. The van der Waals surface area contributed by atoms with Crippen molar-refractivity contribution in [3.8, 4) is 11.8 Å². The van der Waals surface area contributed by atoms with E-state index in [4.69, 9.17) is 9.57 Å². The molecule has 124 valence electrons. The molecule has 0 saturated heterocycles. The fraction of sp³-hybridized carbons (Fsp3) is 0.474. The van der Waals surface area contributed by atoms with Crippen molar-refractivity contribution in [3.05, 3.63) is 35.9 Å². The largest absolute Gasteiger partial charge is 0.440 e. The maximum atomic E-state index is 11.4. The van der Waals surface area contributed by atoms with Crippen molar-refractivity contribution in [1.82, 2.24) is 0 Å². The van der Waals surface area contributed by atoms with E-state index in [1.165, 1.54) is 6.92 Å². The molecular formula is C19H25NO3. The summed E-state index contributed by atoms with van der Waals surface area (Å²) < 4.78 is 5.37. The normalized spacial score (nSPS) is 14.3. The Morgan fingerprint density at radius 2 is 1.70 bits per heavy atom. The van der Waals surface area contributed by atoms with Crippen molar-refractivity contribution in [2.24, 2.45) is 10.6 Å². The molecule has 0 aromatic heterocycles. The highest BCUT2D eigenvalue weighted by molar-refractivity contribution is 5.94. The molecular weight excluding hydrogens is 290 g/mol. The second-order valence-corrected chi connectivity index (χ2v) is 6.56. The first-order valence-corrected chi connectivity index (χ1v) is 7.57. The number of esters is 1. The Hall–Kier alpha value is -2.28. The number of nitrogens with zero attached hydrogens (tertiary/aromatic N) is 1. The summed E-state index contributed by atoms with van der Waals surface area (Å²) in [5, 5.41) is 4.08. The number of oxime groups is 1. The lowest BCUT2D eigenvalue weighted by molar-refractivity contribution is -0.146. The Balaban J connectivity index is 2.89. The lowest BCUT2D eigenvalue weighted by Crippen LogP contribution is -2.37. The maximum absolute atomic E-state index is 11.4. The van der Waals surface area contributed by atoms with Crippen LogP contribution in [0.1, 0.15) is 47.1 Å². The minimum atomic E-state index is -1.10. The molecule has 23 heavy (non-hydrogen) atoms. The van der Waals surface area contributed by atoms with Crippen LogP contribution in [0.25, 0.3) is 0 Å². The molecule has 0 aliphatic rings. The van der Waals surface area contributed by atoms with Crippen LogP contribution in [-0.2, 0) is 21.0 Å². The molecule has 0 fully saturated rings. The van der Waals surface area contributed by atoms with Crippen LogP contribution >= 0.6 is 0 Å². The molecule has 0 spiro atoms. The van der Waals surface area contributed by atoms with E-state index in [0.29, 0.717) is 12.3 Å². The number of carbonyl (C=O) groups excluding carboxylic acids is 1. The SMILES string of the molecule is CC(=O)OC(C)(C#CC(C)(C)C)/C(C)=N/OCc1ccccc1. The smallest absolute Gasteiger partial charge is 0.304 e. The standard InChI is InChI=1S/C19H25NO3/c1-15(20-22-14-17-10-8-7-9-11-17)19(6,23-16(2)21)13-12-18(3,4)5/h7-11H,14H2,1-6H3/b20-15+. The fourth-order valence-corrected chi connectivity index (χ4v) is 1.65. The van der Waals surface area contributed by atoms with Crippen LogP contribution in [0.4, 0.5) is 0 Å². The van der Waals surface area contributed by atoms with E-state index < -0.39 is 11.6 Å². The molecule has 0 N–H and O–H groups in total. The van der Waals surface area contributed by atoms with Crippen LogP contribution in [0, 0.1) is 17.3 Å². The Labute approximate surface area is 138 Å². The topological polar surface area (TPSA) is 47.9 Å². The number of hydrogen-bond donors (Lipinski definition) is 0. The number of benzene rings is 1. The van der Waals surface area contributed by atoms with Gasteiger partial charge in [-0.3, -0.25) is 4.79 Å². The molecule has 0 heterocycles. The molecule has 1 atom stereocenters. The summed E-state index contributed by atoms with van der Waals surface area (Å²) in [5.74, 6) is 5.70. The zero-order chi connectivity index (χ0) is 17.5. The Morgan fingerprint density at radius 1 is 1.09 bits per heavy atom. The van der Waals surface area contributed by atoms with Gasteiger partial charge in [-0.15, -0.1) is 0 Å². The summed E-state index contributed by atoms with van der Waals surface area (Å²) >= 11 is 0. The molecule has 0 saturated carbocycles. The molecule has 0 radical (unpaired) electrons. The van der Waals surface area contributed by atoms with E-state index in [0.717, 1.165) is 5.56 Å². The van der Waals surface area contributed by atoms with Gasteiger partial charge in [0.1, 0.15) is 12.3 Å². The first kappa shape index (κ1) is 18.8. The quantitative estimate of drug-likeness (QED) is 0.358. The van der Waals surface area contributed by atoms with Crippen LogP contribution < -0.4 is 0 Å². The van der Waals surface area contributed by atoms with Crippen LogP contribution in [0.3, 0.4) is 0 Å². The fourth-order valence-electron chi connectivity index (χ4n) is 1.65. The van der Waals surface area contributed by atoms with Gasteiger partial charge in [0, 0.05) is 12.3 Å². The van der Waals surface area contributed by atoms with E-state index in [1.54, 1.807) is 13.8 Å². The number of hydrogen-bond acceptors (Lipinski definition) is 4. The molecule has 0 aliphatic carbocycles. The van der Waals surface area contributed by atoms with Gasteiger partial charge in [-0.05, 0) is 46.1 Å². The molecule has 1 aromatic rings. The van der Waals surface area contributed by atoms with Crippen molar-refractivity contribution in [1.29, 1.82) is 0 Å². The van der Waals surface area contributed by atoms with Crippen molar-refractivity contribution in [2.45, 2.75) is 53.8 Å². The van der Waals surface area contributed by atoms with Gasteiger partial charge in [0.25, 0.3) is 0 Å². The predicted molar refractivity (Wildman–Crippen MR) is 91.7 cm³/mol. The van der Waals surface area contributed by atoms with Gasteiger partial charge in [0.2, 0.25) is 5.60 Å². The number of ether oxygens (including phenoxy) is 1. The summed E-state index contributed by atoms with van der Waals surface area (Å²) in [6.07, 6.45) is 0. The minimum Gasteiger partial charge on any atom is -0.440 e. The molecule has 0 amide bonds. The molecule has 4 nitrogen and oxygen atoms in total. The van der Waals surface area contributed by atoms with Crippen LogP contribution in [0.15, 0.2) is 35.5 Å². The zero-order valence-electron chi connectivity index (χ0n) is 14.8. The molecule has 1 unspecified atom stereocenters. The van der Waals surface area contributed by atoms with Gasteiger partial charge >= 0.3 is 5.97 Å². The summed E-state index contributed by atoms with van der Waals surface area (Å²) in [4.78, 5) is 16.8. The average molecular weight is 315 g/mol. The molecule has 0 aliphatic heterocycles. The molecule has 1 rings (SSSR count). The van der Waals surface area contributed by atoms with Crippen molar-refractivity contribution < 1.29 is 14.4 Å². The lowest BCUT2D eigenvalue weighted by atomic mass is 9.94. The van der Waals surface area contributed by atoms with Gasteiger partial charge in [0.05, 0.1) is 0 Å². The highest BCUT2D eigenvalue weighted by atomic mass is 16.6. The second kappa shape index (κ2) is 7.82. The predicted octanol–water partition coefficient (Wildman–Crippen LogP) is 3.95. The minimum absolute atomic E-state index is 0.202. The van der Waals surface area contributed by atoms with E-state index in [2.05, 4.69) is 17.0 Å². The van der Waals surface area contributed by atoms with Crippen LogP contribution in [-0.4, -0.2) is 17.3 Å². The first-order valence-electron chi connectivity index (χ1n) is 7.57. The Kier molecular flexibility index (Phi) is 6.38. The lowest BCUT2D eigenvalue weighted by Gasteiger charge is -2.23. The van der Waals surface area contributed by atoms with Gasteiger partial charge < -0.3 is 9.57 Å². The van der Waals surface area contributed by atoms with E-state index in [9.17, 15) is 4.79 Å². The number of rotatable bonds is 5. The first-order chi connectivity index (χ1) is 10.6. The van der Waals surface area contributed by atoms with Crippen molar-refractivity contribution in [3.63, 3.8) is 0 Å². The Bertz CT molecular complexity index is 618. The number of carbonyl (C=O) groups is 1. The average Bonchev–Trinajstić information content (AvgIpc) is 2.45. The third kappa shape index (κ3) is 7.01. The van der Waals surface area contributed by atoms with Gasteiger partial charge in [-0.2, -0.15) is 0 Å².